The first-order valence-electron chi connectivity index (χ1n) is 7.88. The second-order valence-electron chi connectivity index (χ2n) is 6.04. The number of ether oxygens (including phenoxy) is 1. The third-order valence-corrected chi connectivity index (χ3v) is 4.65. The lowest BCUT2D eigenvalue weighted by Gasteiger charge is -2.28. The van der Waals surface area contributed by atoms with E-state index in [-0.39, 0.29) is 0 Å². The predicted molar refractivity (Wildman–Crippen MR) is 84.9 cm³/mol. The normalized spacial score (nSPS) is 17.9. The van der Waals surface area contributed by atoms with Crippen LogP contribution in [0.25, 0.3) is 0 Å². The molecule has 0 heterocycles. The van der Waals surface area contributed by atoms with Gasteiger partial charge >= 0.3 is 0 Å². The number of quaternary nitrogens is 1. The van der Waals surface area contributed by atoms with Crippen LogP contribution < -0.4 is 9.64 Å². The Morgan fingerprint density at radius 1 is 1.25 bits per heavy atom. The number of benzene rings is 1. The first-order valence-corrected chi connectivity index (χ1v) is 8.26. The molecule has 20 heavy (non-hydrogen) atoms. The van der Waals surface area contributed by atoms with Gasteiger partial charge in [-0.2, -0.15) is 0 Å². The highest BCUT2D eigenvalue weighted by molar-refractivity contribution is 6.30. The molecule has 112 valence electrons. The number of nitrogens with one attached hydrogen (secondary N) is 1. The van der Waals surface area contributed by atoms with Crippen LogP contribution in [0.3, 0.4) is 0 Å². The maximum Gasteiger partial charge on any atom is 0.122 e. The van der Waals surface area contributed by atoms with Crippen LogP contribution in [-0.4, -0.2) is 26.2 Å². The van der Waals surface area contributed by atoms with Crippen LogP contribution in [0.4, 0.5) is 0 Å². The fourth-order valence-electron chi connectivity index (χ4n) is 3.11. The molecular formula is C17H27ClNO+. The molecule has 1 aromatic carbocycles. The summed E-state index contributed by atoms with van der Waals surface area (Å²) in [5.74, 6) is 0.963. The average molecular weight is 297 g/mol. The van der Waals surface area contributed by atoms with E-state index in [0.29, 0.717) is 0 Å². The topological polar surface area (TPSA) is 13.7 Å². The van der Waals surface area contributed by atoms with E-state index in [2.05, 4.69) is 7.05 Å². The van der Waals surface area contributed by atoms with Gasteiger partial charge in [-0.15, -0.1) is 0 Å². The quantitative estimate of drug-likeness (QED) is 0.796. The molecule has 0 saturated heterocycles. The lowest BCUT2D eigenvalue weighted by molar-refractivity contribution is -0.907. The zero-order valence-electron chi connectivity index (χ0n) is 12.8. The van der Waals surface area contributed by atoms with Crippen molar-refractivity contribution in [3.8, 4) is 5.75 Å². The lowest BCUT2D eigenvalue weighted by Crippen LogP contribution is -3.13. The van der Waals surface area contributed by atoms with Gasteiger partial charge in [-0.25, -0.2) is 0 Å². The summed E-state index contributed by atoms with van der Waals surface area (Å²) in [6.45, 7) is 4.05. The Balaban J connectivity index is 1.68. The van der Waals surface area contributed by atoms with Crippen molar-refractivity contribution in [2.75, 3.05) is 20.2 Å². The van der Waals surface area contributed by atoms with Crippen LogP contribution in [0.5, 0.6) is 5.75 Å². The number of aryl methyl sites for hydroxylation is 1. The van der Waals surface area contributed by atoms with Gasteiger partial charge in [0.25, 0.3) is 0 Å². The number of hydrogen-bond acceptors (Lipinski definition) is 1. The fourth-order valence-corrected chi connectivity index (χ4v) is 3.33. The minimum absolute atomic E-state index is 0.774. The Hall–Kier alpha value is -0.730. The molecule has 3 heteroatoms. The largest absolute Gasteiger partial charge is 0.493 e. The van der Waals surface area contributed by atoms with Gasteiger partial charge < -0.3 is 9.64 Å². The average Bonchev–Trinajstić information content (AvgIpc) is 2.46. The highest BCUT2D eigenvalue weighted by Gasteiger charge is 2.20. The molecule has 2 nitrogen and oxygen atoms in total. The Kier molecular flexibility index (Phi) is 6.18. The molecule has 1 unspecified atom stereocenters. The second kappa shape index (κ2) is 7.90. The number of hydrogen-bond donors (Lipinski definition) is 1. The smallest absolute Gasteiger partial charge is 0.122 e. The molecule has 0 aliphatic heterocycles. The Labute approximate surface area is 128 Å². The molecule has 1 aliphatic rings. The summed E-state index contributed by atoms with van der Waals surface area (Å²) in [5, 5.41) is 0.774. The van der Waals surface area contributed by atoms with Crippen molar-refractivity contribution in [3.05, 3.63) is 28.8 Å². The monoisotopic (exact) mass is 296 g/mol. The van der Waals surface area contributed by atoms with Crippen molar-refractivity contribution in [3.63, 3.8) is 0 Å². The summed E-state index contributed by atoms with van der Waals surface area (Å²) >= 11 is 5.95. The van der Waals surface area contributed by atoms with Gasteiger partial charge in [-0.1, -0.05) is 18.0 Å². The third kappa shape index (κ3) is 4.68. The summed E-state index contributed by atoms with van der Waals surface area (Å²) in [5.41, 5.74) is 1.12. The molecule has 0 aromatic heterocycles. The van der Waals surface area contributed by atoms with Gasteiger partial charge in [0.2, 0.25) is 0 Å². The first kappa shape index (κ1) is 15.7. The summed E-state index contributed by atoms with van der Waals surface area (Å²) in [6.07, 6.45) is 8.20. The van der Waals surface area contributed by atoms with E-state index in [9.17, 15) is 0 Å². The zero-order valence-corrected chi connectivity index (χ0v) is 13.5. The van der Waals surface area contributed by atoms with Crippen molar-refractivity contribution < 1.29 is 9.64 Å². The van der Waals surface area contributed by atoms with Crippen molar-refractivity contribution in [2.45, 2.75) is 51.5 Å². The molecule has 1 N–H and O–H groups in total. The maximum absolute atomic E-state index is 5.95. The van der Waals surface area contributed by atoms with Gasteiger partial charge in [-0.3, -0.25) is 0 Å². The van der Waals surface area contributed by atoms with Crippen molar-refractivity contribution >= 4 is 11.6 Å². The summed E-state index contributed by atoms with van der Waals surface area (Å²) < 4.78 is 5.86. The minimum atomic E-state index is 0.774. The zero-order chi connectivity index (χ0) is 14.4. The molecular weight excluding hydrogens is 270 g/mol. The SMILES string of the molecule is Cc1cc(Cl)ccc1OCCC[NH+](C)C1CCCCC1. The summed E-state index contributed by atoms with van der Waals surface area (Å²) in [6, 6.07) is 6.69. The molecule has 0 bridgehead atoms. The Morgan fingerprint density at radius 3 is 2.70 bits per heavy atom. The van der Waals surface area contributed by atoms with Gasteiger partial charge in [0.05, 0.1) is 26.2 Å². The highest BCUT2D eigenvalue weighted by Crippen LogP contribution is 2.21. The van der Waals surface area contributed by atoms with Crippen LogP contribution >= 0.6 is 11.6 Å². The predicted octanol–water partition coefficient (Wildman–Crippen LogP) is 3.26. The van der Waals surface area contributed by atoms with Crippen LogP contribution in [0.2, 0.25) is 5.02 Å². The Bertz CT molecular complexity index is 415. The van der Waals surface area contributed by atoms with Crippen LogP contribution in [0.15, 0.2) is 18.2 Å². The second-order valence-corrected chi connectivity index (χ2v) is 6.48. The van der Waals surface area contributed by atoms with Crippen molar-refractivity contribution in [2.24, 2.45) is 0 Å². The Morgan fingerprint density at radius 2 is 2.00 bits per heavy atom. The number of halogens is 1. The molecule has 0 radical (unpaired) electrons. The lowest BCUT2D eigenvalue weighted by atomic mass is 9.94. The molecule has 1 atom stereocenters. The molecule has 1 aromatic rings. The highest BCUT2D eigenvalue weighted by atomic mass is 35.5. The maximum atomic E-state index is 5.95. The molecule has 1 aliphatic carbocycles. The van der Waals surface area contributed by atoms with E-state index < -0.39 is 0 Å². The van der Waals surface area contributed by atoms with Crippen LogP contribution in [0.1, 0.15) is 44.1 Å². The standard InChI is InChI=1S/C17H26ClNO/c1-14-13-15(18)9-10-17(14)20-12-6-11-19(2)16-7-4-3-5-8-16/h9-10,13,16H,3-8,11-12H2,1-2H3/p+1. The van der Waals surface area contributed by atoms with Gasteiger partial charge in [0.15, 0.2) is 0 Å². The van der Waals surface area contributed by atoms with E-state index in [0.717, 1.165) is 35.4 Å². The fraction of sp³-hybridized carbons (Fsp3) is 0.647. The van der Waals surface area contributed by atoms with Crippen LogP contribution in [-0.2, 0) is 0 Å². The third-order valence-electron chi connectivity index (χ3n) is 4.41. The summed E-state index contributed by atoms with van der Waals surface area (Å²) in [4.78, 5) is 1.68. The van der Waals surface area contributed by atoms with E-state index in [1.54, 1.807) is 4.90 Å². The summed E-state index contributed by atoms with van der Waals surface area (Å²) in [7, 11) is 2.34. The van der Waals surface area contributed by atoms with Gasteiger partial charge in [0.1, 0.15) is 5.75 Å². The molecule has 0 spiro atoms. The minimum Gasteiger partial charge on any atom is -0.493 e. The van der Waals surface area contributed by atoms with Crippen molar-refractivity contribution in [1.82, 2.24) is 0 Å². The van der Waals surface area contributed by atoms with E-state index in [4.69, 9.17) is 16.3 Å². The van der Waals surface area contributed by atoms with Crippen molar-refractivity contribution in [1.29, 1.82) is 0 Å². The van der Waals surface area contributed by atoms with Gasteiger partial charge in [-0.05, 0) is 56.4 Å². The van der Waals surface area contributed by atoms with E-state index in [1.165, 1.54) is 38.6 Å². The van der Waals surface area contributed by atoms with Crippen LogP contribution in [0, 0.1) is 6.92 Å². The first-order chi connectivity index (χ1) is 9.66. The number of rotatable bonds is 6. The molecule has 0 amide bonds. The van der Waals surface area contributed by atoms with E-state index >= 15 is 0 Å². The molecule has 2 rings (SSSR count). The molecule has 1 saturated carbocycles. The molecule has 1 fully saturated rings. The van der Waals surface area contributed by atoms with E-state index in [1.807, 2.05) is 25.1 Å². The van der Waals surface area contributed by atoms with Gasteiger partial charge in [0, 0.05) is 11.4 Å².